The zero-order valence-corrected chi connectivity index (χ0v) is 14.9. The molecule has 1 aromatic heterocycles. The summed E-state index contributed by atoms with van der Waals surface area (Å²) < 4.78 is 10.7. The van der Waals surface area contributed by atoms with Crippen molar-refractivity contribution in [1.29, 1.82) is 0 Å². The lowest BCUT2D eigenvalue weighted by molar-refractivity contribution is 0.0934. The smallest absolute Gasteiger partial charge is 0.274 e. The molecule has 0 fully saturated rings. The zero-order valence-electron chi connectivity index (χ0n) is 14.9. The third kappa shape index (κ3) is 4.30. The number of aromatic nitrogens is 1. The van der Waals surface area contributed by atoms with E-state index in [1.165, 1.54) is 12.0 Å². The number of carbonyl (C=O) groups is 1. The van der Waals surface area contributed by atoms with E-state index in [4.69, 9.17) is 9.15 Å². The summed E-state index contributed by atoms with van der Waals surface area (Å²) >= 11 is 0. The van der Waals surface area contributed by atoms with E-state index in [1.54, 1.807) is 7.11 Å². The molecule has 0 saturated carbocycles. The lowest BCUT2D eigenvalue weighted by Crippen LogP contribution is -2.33. The molecule has 1 atom stereocenters. The highest BCUT2D eigenvalue weighted by Crippen LogP contribution is 2.26. The molecule has 1 amide bonds. The summed E-state index contributed by atoms with van der Waals surface area (Å²) in [6, 6.07) is 17.6. The van der Waals surface area contributed by atoms with Gasteiger partial charge >= 0.3 is 0 Å². The van der Waals surface area contributed by atoms with Crippen molar-refractivity contribution in [3.63, 3.8) is 0 Å². The molecule has 0 bridgehead atoms. The number of hydrogen-bond acceptors (Lipinski definition) is 4. The minimum atomic E-state index is -0.239. The largest absolute Gasteiger partial charge is 0.497 e. The predicted molar refractivity (Wildman–Crippen MR) is 100 cm³/mol. The maximum atomic E-state index is 12.6. The highest BCUT2D eigenvalue weighted by atomic mass is 16.5. The summed E-state index contributed by atoms with van der Waals surface area (Å²) in [5, 5.41) is 3.00. The third-order valence-corrected chi connectivity index (χ3v) is 4.20. The molecule has 0 saturated heterocycles. The molecule has 2 aromatic carbocycles. The Bertz CT molecular complexity index is 858. The quantitative estimate of drug-likeness (QED) is 0.697. The van der Waals surface area contributed by atoms with Crippen LogP contribution >= 0.6 is 0 Å². The fourth-order valence-electron chi connectivity index (χ4n) is 2.77. The molecule has 0 spiro atoms. The minimum Gasteiger partial charge on any atom is -0.497 e. The van der Waals surface area contributed by atoms with Crippen LogP contribution in [-0.4, -0.2) is 24.0 Å². The Balaban J connectivity index is 1.66. The van der Waals surface area contributed by atoms with E-state index in [0.29, 0.717) is 11.5 Å². The van der Waals surface area contributed by atoms with E-state index < -0.39 is 0 Å². The first-order valence-electron chi connectivity index (χ1n) is 8.60. The Hall–Kier alpha value is -3.08. The summed E-state index contributed by atoms with van der Waals surface area (Å²) in [7, 11) is 1.60. The number of rotatable bonds is 7. The van der Waals surface area contributed by atoms with Gasteiger partial charge in [0.15, 0.2) is 17.8 Å². The lowest BCUT2D eigenvalue weighted by Gasteiger charge is -2.13. The first kappa shape index (κ1) is 17.7. The van der Waals surface area contributed by atoms with Crippen LogP contribution in [0.3, 0.4) is 0 Å². The van der Waals surface area contributed by atoms with Gasteiger partial charge in [0.25, 0.3) is 5.91 Å². The average Bonchev–Trinajstić information content (AvgIpc) is 3.17. The SMILES string of the molecule is COc1cccc(-c2ocnc2C(=O)N[C@H](C)CCc2ccccc2)c1. The van der Waals surface area contributed by atoms with Gasteiger partial charge in [0.1, 0.15) is 5.75 Å². The van der Waals surface area contributed by atoms with Crippen LogP contribution < -0.4 is 10.1 Å². The topological polar surface area (TPSA) is 64.4 Å². The van der Waals surface area contributed by atoms with Crippen molar-refractivity contribution in [3.05, 3.63) is 72.2 Å². The molecular formula is C21H22N2O3. The van der Waals surface area contributed by atoms with Crippen LogP contribution in [-0.2, 0) is 6.42 Å². The van der Waals surface area contributed by atoms with E-state index in [1.807, 2.05) is 49.4 Å². The van der Waals surface area contributed by atoms with Gasteiger partial charge in [0.05, 0.1) is 7.11 Å². The third-order valence-electron chi connectivity index (χ3n) is 4.20. The molecular weight excluding hydrogens is 328 g/mol. The van der Waals surface area contributed by atoms with Crippen molar-refractivity contribution in [2.45, 2.75) is 25.8 Å². The molecule has 1 N–H and O–H groups in total. The Kier molecular flexibility index (Phi) is 5.69. The molecule has 0 radical (unpaired) electrons. The number of carbonyl (C=O) groups excluding carboxylic acids is 1. The number of oxazole rings is 1. The van der Waals surface area contributed by atoms with E-state index in [-0.39, 0.29) is 17.6 Å². The summed E-state index contributed by atoms with van der Waals surface area (Å²) in [6.45, 7) is 1.99. The second-order valence-corrected chi connectivity index (χ2v) is 6.16. The standard InChI is InChI=1S/C21H22N2O3/c1-15(11-12-16-7-4-3-5-8-16)23-21(24)19-20(26-14-22-19)17-9-6-10-18(13-17)25-2/h3-10,13-15H,11-12H2,1-2H3,(H,23,24)/t15-/m1/s1. The number of hydrogen-bond donors (Lipinski definition) is 1. The predicted octanol–water partition coefficient (Wildman–Crippen LogP) is 4.10. The molecule has 1 heterocycles. The van der Waals surface area contributed by atoms with Gasteiger partial charge < -0.3 is 14.5 Å². The van der Waals surface area contributed by atoms with E-state index in [2.05, 4.69) is 22.4 Å². The van der Waals surface area contributed by atoms with Crippen LogP contribution in [0.5, 0.6) is 5.75 Å². The number of benzene rings is 2. The summed E-state index contributed by atoms with van der Waals surface area (Å²) in [4.78, 5) is 16.7. The maximum absolute atomic E-state index is 12.6. The molecule has 0 aliphatic rings. The number of nitrogens with zero attached hydrogens (tertiary/aromatic N) is 1. The van der Waals surface area contributed by atoms with Crippen molar-refractivity contribution >= 4 is 5.91 Å². The van der Waals surface area contributed by atoms with Crippen molar-refractivity contribution in [1.82, 2.24) is 10.3 Å². The number of ether oxygens (including phenoxy) is 1. The normalized spacial score (nSPS) is 11.8. The van der Waals surface area contributed by atoms with Gasteiger partial charge in [-0.3, -0.25) is 4.79 Å². The van der Waals surface area contributed by atoms with Gasteiger partial charge in [-0.25, -0.2) is 4.98 Å². The van der Waals surface area contributed by atoms with Crippen LogP contribution in [0.4, 0.5) is 0 Å². The highest BCUT2D eigenvalue weighted by Gasteiger charge is 2.20. The van der Waals surface area contributed by atoms with Crippen LogP contribution in [0, 0.1) is 0 Å². The first-order valence-corrected chi connectivity index (χ1v) is 8.60. The molecule has 26 heavy (non-hydrogen) atoms. The van der Waals surface area contributed by atoms with Crippen molar-refractivity contribution in [2.24, 2.45) is 0 Å². The molecule has 5 nitrogen and oxygen atoms in total. The lowest BCUT2D eigenvalue weighted by atomic mass is 10.1. The Morgan fingerprint density at radius 3 is 2.77 bits per heavy atom. The maximum Gasteiger partial charge on any atom is 0.274 e. The second-order valence-electron chi connectivity index (χ2n) is 6.16. The van der Waals surface area contributed by atoms with Gasteiger partial charge in [-0.2, -0.15) is 0 Å². The molecule has 0 unspecified atom stereocenters. The fraction of sp³-hybridized carbons (Fsp3) is 0.238. The molecule has 5 heteroatoms. The van der Waals surface area contributed by atoms with Gasteiger partial charge in [-0.15, -0.1) is 0 Å². The Labute approximate surface area is 153 Å². The fourth-order valence-corrected chi connectivity index (χ4v) is 2.77. The van der Waals surface area contributed by atoms with Crippen molar-refractivity contribution in [2.75, 3.05) is 7.11 Å². The van der Waals surface area contributed by atoms with Crippen molar-refractivity contribution in [3.8, 4) is 17.1 Å². The summed E-state index contributed by atoms with van der Waals surface area (Å²) in [6.07, 6.45) is 3.05. The number of methoxy groups -OCH3 is 1. The molecule has 3 aromatic rings. The van der Waals surface area contributed by atoms with Crippen LogP contribution in [0.2, 0.25) is 0 Å². The second kappa shape index (κ2) is 8.34. The zero-order chi connectivity index (χ0) is 18.4. The Morgan fingerprint density at radius 1 is 1.19 bits per heavy atom. The summed E-state index contributed by atoms with van der Waals surface area (Å²) in [5.74, 6) is 0.898. The number of nitrogens with one attached hydrogen (secondary N) is 1. The number of amides is 1. The molecule has 0 aliphatic heterocycles. The minimum absolute atomic E-state index is 0.0255. The van der Waals surface area contributed by atoms with Gasteiger partial charge in [0.2, 0.25) is 0 Å². The van der Waals surface area contributed by atoms with E-state index >= 15 is 0 Å². The average molecular weight is 350 g/mol. The van der Waals surface area contributed by atoms with E-state index in [0.717, 1.165) is 18.4 Å². The van der Waals surface area contributed by atoms with E-state index in [9.17, 15) is 4.79 Å². The van der Waals surface area contributed by atoms with Gasteiger partial charge in [0, 0.05) is 11.6 Å². The Morgan fingerprint density at radius 2 is 2.00 bits per heavy atom. The summed E-state index contributed by atoms with van der Waals surface area (Å²) in [5.41, 5.74) is 2.29. The van der Waals surface area contributed by atoms with Gasteiger partial charge in [-0.1, -0.05) is 42.5 Å². The van der Waals surface area contributed by atoms with Crippen molar-refractivity contribution < 1.29 is 13.9 Å². The highest BCUT2D eigenvalue weighted by molar-refractivity contribution is 5.97. The number of aryl methyl sites for hydroxylation is 1. The van der Waals surface area contributed by atoms with Gasteiger partial charge in [-0.05, 0) is 37.5 Å². The van der Waals surface area contributed by atoms with Crippen LogP contribution in [0.1, 0.15) is 29.4 Å². The molecule has 3 rings (SSSR count). The molecule has 0 aliphatic carbocycles. The monoisotopic (exact) mass is 350 g/mol. The first-order chi connectivity index (χ1) is 12.7. The van der Waals surface area contributed by atoms with Crippen LogP contribution in [0.15, 0.2) is 65.4 Å². The molecule has 134 valence electrons. The van der Waals surface area contributed by atoms with Crippen LogP contribution in [0.25, 0.3) is 11.3 Å².